The quantitative estimate of drug-likeness (QED) is 0.180. The average molecular weight is 901 g/mol. The topological polar surface area (TPSA) is 39.3 Å². The summed E-state index contributed by atoms with van der Waals surface area (Å²) < 4.78 is 18.4. The summed E-state index contributed by atoms with van der Waals surface area (Å²) in [6.45, 7) is 19.5. The molecule has 0 fully saturated rings. The molecule has 11 aromatic rings. The highest BCUT2D eigenvalue weighted by molar-refractivity contribution is 7.25. The second-order valence-corrected chi connectivity index (χ2v) is 23.5. The van der Waals surface area contributed by atoms with Gasteiger partial charge in [-0.3, -0.25) is 0 Å². The molecule has 0 saturated heterocycles. The number of rotatable bonds is 3. The van der Waals surface area contributed by atoms with E-state index < -0.39 is 0 Å². The molecule has 14 rings (SSSR count). The Labute approximate surface area is 401 Å². The van der Waals surface area contributed by atoms with Gasteiger partial charge in [-0.2, -0.15) is 0 Å². The Bertz CT molecular complexity index is 4020. The van der Waals surface area contributed by atoms with Crippen molar-refractivity contribution in [3.63, 3.8) is 0 Å². The minimum absolute atomic E-state index is 0.0626. The van der Waals surface area contributed by atoms with Gasteiger partial charge < -0.3 is 19.0 Å². The molecule has 0 unspecified atom stereocenters. The Hall–Kier alpha value is -6.76. The predicted molar refractivity (Wildman–Crippen MR) is 291 cm³/mol. The zero-order valence-electron chi connectivity index (χ0n) is 40.1. The fraction of sp³-hybridized carbons (Fsp3) is 0.226. The van der Waals surface area contributed by atoms with Gasteiger partial charge in [0.2, 0.25) is 0 Å². The molecule has 3 aliphatic rings. The van der Waals surface area contributed by atoms with E-state index in [1.807, 2.05) is 11.3 Å². The van der Waals surface area contributed by atoms with E-state index >= 15 is 0 Å². The first kappa shape index (κ1) is 40.3. The van der Waals surface area contributed by atoms with Gasteiger partial charge in [0.25, 0.3) is 0 Å². The summed E-state index contributed by atoms with van der Waals surface area (Å²) in [6.07, 6.45) is 2.39. The van der Waals surface area contributed by atoms with Crippen molar-refractivity contribution in [2.45, 2.75) is 91.1 Å². The lowest BCUT2D eigenvalue weighted by Crippen LogP contribution is -2.37. The molecule has 1 aliphatic carbocycles. The van der Waals surface area contributed by atoms with Crippen LogP contribution in [0.5, 0.6) is 5.75 Å². The van der Waals surface area contributed by atoms with Crippen LogP contribution in [-0.2, 0) is 22.9 Å². The van der Waals surface area contributed by atoms with Crippen molar-refractivity contribution >= 4 is 105 Å². The number of benzene rings is 8. The molecule has 0 bridgehead atoms. The second-order valence-electron chi connectivity index (χ2n) is 22.5. The molecule has 3 aromatic heterocycles. The first-order valence-electron chi connectivity index (χ1n) is 24.4. The second kappa shape index (κ2) is 13.7. The van der Waals surface area contributed by atoms with Crippen LogP contribution in [0.25, 0.3) is 91.9 Å². The number of fused-ring (bicyclic) bond motifs is 15. The molecule has 1 N–H and O–H groups in total. The number of thiophene rings is 1. The molecular formula is C62H53BN2O2S. The maximum Gasteiger partial charge on any atom is 0.198 e. The lowest BCUT2D eigenvalue weighted by atomic mass is 9.58. The van der Waals surface area contributed by atoms with E-state index in [4.69, 9.17) is 9.15 Å². The van der Waals surface area contributed by atoms with Crippen LogP contribution in [0.4, 0.5) is 11.4 Å². The molecule has 332 valence electrons. The highest BCUT2D eigenvalue weighted by Crippen LogP contribution is 2.51. The minimum atomic E-state index is 0.0626. The Kier molecular flexibility index (Phi) is 8.12. The van der Waals surface area contributed by atoms with Gasteiger partial charge in [-0.15, -0.1) is 11.3 Å². The molecule has 5 heterocycles. The minimum Gasteiger partial charge on any atom is -0.488 e. The third kappa shape index (κ3) is 5.73. The molecule has 68 heavy (non-hydrogen) atoms. The maximum absolute atomic E-state index is 6.61. The summed E-state index contributed by atoms with van der Waals surface area (Å²) in [5.41, 5.74) is 22.3. The van der Waals surface area contributed by atoms with Gasteiger partial charge in [0.1, 0.15) is 23.5 Å². The summed E-state index contributed by atoms with van der Waals surface area (Å²) in [7, 11) is 0.785. The van der Waals surface area contributed by atoms with Crippen LogP contribution in [-0.4, -0.2) is 11.8 Å². The summed E-state index contributed by atoms with van der Waals surface area (Å²) in [6, 6.07) is 48.2. The Morgan fingerprint density at radius 2 is 1.38 bits per heavy atom. The number of hydrogen-bond donors (Lipinski definition) is 1. The van der Waals surface area contributed by atoms with E-state index in [0.29, 0.717) is 6.61 Å². The largest absolute Gasteiger partial charge is 0.488 e. The number of anilines is 2. The van der Waals surface area contributed by atoms with Crippen LogP contribution in [0.1, 0.15) is 89.1 Å². The van der Waals surface area contributed by atoms with Crippen molar-refractivity contribution in [3.8, 4) is 33.7 Å². The van der Waals surface area contributed by atoms with Crippen molar-refractivity contribution < 1.29 is 9.15 Å². The first-order valence-corrected chi connectivity index (χ1v) is 25.2. The fourth-order valence-corrected chi connectivity index (χ4v) is 13.5. The van der Waals surface area contributed by atoms with E-state index in [2.05, 4.69) is 193 Å². The standard InChI is InChI=1S/C62H53BN2O2S/c1-33-23-44(39-28-55-43(27-49(39)64-36-19-17-35(18-20-36)60(2,3)4)42-25-46-47(29-56(42)68-55)62(7,8)22-21-61(46,5)6)58-59-57(33)45-24-40-37-14-10-9-13-34(37)32-66-53(40)30-50(45)65(59)51-31-54-41(26-48(51)63-58)38-15-11-12-16-52(38)67-54/h9-20,23-31,63-64H,21-22,32H2,1-8H3. The van der Waals surface area contributed by atoms with Crippen molar-refractivity contribution in [2.24, 2.45) is 0 Å². The van der Waals surface area contributed by atoms with Crippen molar-refractivity contribution in [3.05, 3.63) is 155 Å². The molecule has 6 heteroatoms. The molecule has 0 atom stereocenters. The van der Waals surface area contributed by atoms with Crippen LogP contribution in [0.2, 0.25) is 0 Å². The van der Waals surface area contributed by atoms with Crippen LogP contribution in [0.3, 0.4) is 0 Å². The lowest BCUT2D eigenvalue weighted by molar-refractivity contribution is 0.302. The number of aromatic nitrogens is 1. The third-order valence-electron chi connectivity index (χ3n) is 16.2. The van der Waals surface area contributed by atoms with Crippen LogP contribution < -0.4 is 21.0 Å². The Morgan fingerprint density at radius 3 is 2.19 bits per heavy atom. The van der Waals surface area contributed by atoms with Gasteiger partial charge in [0, 0.05) is 87.6 Å². The van der Waals surface area contributed by atoms with Gasteiger partial charge in [-0.05, 0) is 129 Å². The first-order chi connectivity index (χ1) is 32.7. The molecule has 2 aliphatic heterocycles. The third-order valence-corrected chi connectivity index (χ3v) is 17.3. The molecule has 8 aromatic carbocycles. The number of nitrogens with one attached hydrogen (secondary N) is 1. The summed E-state index contributed by atoms with van der Waals surface area (Å²) in [5, 5.41) is 11.6. The van der Waals surface area contributed by atoms with E-state index in [-0.39, 0.29) is 16.2 Å². The molecule has 0 saturated carbocycles. The number of furan rings is 1. The smallest absolute Gasteiger partial charge is 0.198 e. The van der Waals surface area contributed by atoms with E-state index in [0.717, 1.165) is 57.4 Å². The molecule has 0 amide bonds. The number of nitrogens with zero attached hydrogens (tertiary/aromatic N) is 1. The van der Waals surface area contributed by atoms with E-state index in [9.17, 15) is 0 Å². The van der Waals surface area contributed by atoms with Crippen molar-refractivity contribution in [1.82, 2.24) is 4.57 Å². The summed E-state index contributed by atoms with van der Waals surface area (Å²) in [5.74, 6) is 0.930. The van der Waals surface area contributed by atoms with Crippen molar-refractivity contribution in [1.29, 1.82) is 0 Å². The summed E-state index contributed by atoms with van der Waals surface area (Å²) in [4.78, 5) is 0. The number of para-hydroxylation sites is 1. The lowest BCUT2D eigenvalue weighted by Gasteiger charge is -2.41. The number of aryl methyl sites for hydroxylation is 1. The highest BCUT2D eigenvalue weighted by Gasteiger charge is 2.38. The van der Waals surface area contributed by atoms with Crippen LogP contribution in [0, 0.1) is 6.92 Å². The average Bonchev–Trinajstić information content (AvgIpc) is 3.98. The SMILES string of the molecule is Cc1cc(-c2cc3sc4cc5c(cc4c3cc2Nc2ccc(C(C)(C)C)cc2)C(C)(C)CCC5(C)C)c2c3c1c1cc4c(cc1n3-c1cc3oc5ccccc5c3cc1B2)OCc1ccccc1-4. The zero-order chi connectivity index (χ0) is 46.2. The molecule has 0 spiro atoms. The molecular weight excluding hydrogens is 848 g/mol. The Balaban J connectivity index is 1.06. The Morgan fingerprint density at radius 1 is 0.647 bits per heavy atom. The van der Waals surface area contributed by atoms with Gasteiger partial charge in [0.15, 0.2) is 7.28 Å². The van der Waals surface area contributed by atoms with Gasteiger partial charge >= 0.3 is 0 Å². The fourth-order valence-electron chi connectivity index (χ4n) is 12.3. The van der Waals surface area contributed by atoms with Gasteiger partial charge in [-0.25, -0.2) is 0 Å². The summed E-state index contributed by atoms with van der Waals surface area (Å²) >= 11 is 1.95. The van der Waals surface area contributed by atoms with E-state index in [1.165, 1.54) is 110 Å². The monoisotopic (exact) mass is 900 g/mol. The maximum atomic E-state index is 6.61. The van der Waals surface area contributed by atoms with Crippen LogP contribution >= 0.6 is 11.3 Å². The molecule has 4 nitrogen and oxygen atoms in total. The van der Waals surface area contributed by atoms with Gasteiger partial charge in [0.05, 0.1) is 5.52 Å². The van der Waals surface area contributed by atoms with E-state index in [1.54, 1.807) is 0 Å². The van der Waals surface area contributed by atoms with Gasteiger partial charge in [-0.1, -0.05) is 121 Å². The highest BCUT2D eigenvalue weighted by atomic mass is 32.1. The number of ether oxygens (including phenoxy) is 1. The van der Waals surface area contributed by atoms with Crippen LogP contribution in [0.15, 0.2) is 132 Å². The molecule has 0 radical (unpaired) electrons. The number of hydrogen-bond acceptors (Lipinski definition) is 4. The zero-order valence-corrected chi connectivity index (χ0v) is 40.9. The normalized spacial score (nSPS) is 15.6. The predicted octanol–water partition coefficient (Wildman–Crippen LogP) is 15.7. The van der Waals surface area contributed by atoms with Crippen molar-refractivity contribution in [2.75, 3.05) is 5.32 Å².